The molecule has 0 saturated heterocycles. The molecule has 0 saturated carbocycles. The lowest BCUT2D eigenvalue weighted by Gasteiger charge is -2.34. The maximum Gasteiger partial charge on any atom is 0.357 e. The van der Waals surface area contributed by atoms with Gasteiger partial charge < -0.3 is 14.6 Å². The number of nitrogens with zero attached hydrogens (tertiary/aromatic N) is 4. The molecule has 0 aliphatic carbocycles. The number of hydrazone groups is 1. The number of carbonyl (C=O) groups excluding carboxylic acids is 2. The molecule has 30 heavy (non-hydrogen) atoms. The van der Waals surface area contributed by atoms with Gasteiger partial charge in [-0.2, -0.15) is 5.10 Å². The molecule has 2 aliphatic heterocycles. The third-order valence-corrected chi connectivity index (χ3v) is 4.86. The first-order valence-electron chi connectivity index (χ1n) is 8.56. The fourth-order valence-corrected chi connectivity index (χ4v) is 3.54. The Hall–Kier alpha value is -3.87. The van der Waals surface area contributed by atoms with E-state index in [0.29, 0.717) is 0 Å². The van der Waals surface area contributed by atoms with Crippen molar-refractivity contribution in [3.63, 3.8) is 0 Å². The molecule has 2 heterocycles. The van der Waals surface area contributed by atoms with E-state index < -0.39 is 56.9 Å². The Labute approximate surface area is 168 Å². The minimum absolute atomic E-state index is 0.234. The molecule has 1 aromatic rings. The Bertz CT molecular complexity index is 1000. The van der Waals surface area contributed by atoms with E-state index in [0.717, 1.165) is 26.4 Å². The maximum absolute atomic E-state index is 12.4. The molecule has 13 nitrogen and oxygen atoms in total. The number of esters is 2. The minimum Gasteiger partial charge on any atom is -0.465 e. The van der Waals surface area contributed by atoms with Crippen molar-refractivity contribution in [2.24, 2.45) is 5.10 Å². The molecule has 1 aromatic carbocycles. The monoisotopic (exact) mass is 420 g/mol. The predicted octanol–water partition coefficient (Wildman–Crippen LogP) is 0.865. The third-order valence-electron chi connectivity index (χ3n) is 4.86. The highest BCUT2D eigenvalue weighted by molar-refractivity contribution is 6.38. The van der Waals surface area contributed by atoms with E-state index in [-0.39, 0.29) is 17.7 Å². The highest BCUT2D eigenvalue weighted by Gasteiger charge is 2.47. The molecule has 13 heteroatoms. The van der Waals surface area contributed by atoms with Crippen molar-refractivity contribution < 1.29 is 34.0 Å². The fourth-order valence-electron chi connectivity index (χ4n) is 3.54. The largest absolute Gasteiger partial charge is 0.465 e. The quantitative estimate of drug-likeness (QED) is 0.311. The van der Waals surface area contributed by atoms with Gasteiger partial charge in [0, 0.05) is 12.1 Å². The van der Waals surface area contributed by atoms with Gasteiger partial charge in [-0.05, 0) is 6.42 Å². The van der Waals surface area contributed by atoms with Gasteiger partial charge in [-0.1, -0.05) is 12.2 Å². The van der Waals surface area contributed by atoms with Crippen LogP contribution in [0.5, 0.6) is 0 Å². The van der Waals surface area contributed by atoms with Crippen LogP contribution < -0.4 is 0 Å². The van der Waals surface area contributed by atoms with Crippen molar-refractivity contribution >= 4 is 29.0 Å². The number of nitro groups is 2. The molecule has 0 amide bonds. The summed E-state index contributed by atoms with van der Waals surface area (Å²) in [5, 5.41) is 38.9. The topological polar surface area (TPSA) is 175 Å². The van der Waals surface area contributed by atoms with E-state index >= 15 is 0 Å². The summed E-state index contributed by atoms with van der Waals surface area (Å²) in [5.41, 5.74) is -2.52. The number of fused-ring (bicyclic) bond motifs is 1. The van der Waals surface area contributed by atoms with Crippen molar-refractivity contribution in [2.75, 3.05) is 14.2 Å². The Morgan fingerprint density at radius 3 is 2.30 bits per heavy atom. The second-order valence-corrected chi connectivity index (χ2v) is 6.38. The lowest BCUT2D eigenvalue weighted by Crippen LogP contribution is -2.42. The van der Waals surface area contributed by atoms with Gasteiger partial charge in [0.15, 0.2) is 5.71 Å². The lowest BCUT2D eigenvalue weighted by molar-refractivity contribution is -0.390. The van der Waals surface area contributed by atoms with Crippen LogP contribution in [0.2, 0.25) is 0 Å². The van der Waals surface area contributed by atoms with Crippen LogP contribution in [-0.4, -0.2) is 64.0 Å². The summed E-state index contributed by atoms with van der Waals surface area (Å²) in [6.45, 7) is 0. The zero-order valence-electron chi connectivity index (χ0n) is 15.8. The number of methoxy groups -OCH3 is 2. The molecule has 0 radical (unpaired) electrons. The van der Waals surface area contributed by atoms with Gasteiger partial charge in [0.1, 0.15) is 11.7 Å². The Morgan fingerprint density at radius 1 is 1.13 bits per heavy atom. The second-order valence-electron chi connectivity index (χ2n) is 6.38. The average Bonchev–Trinajstić information content (AvgIpc) is 3.08. The smallest absolute Gasteiger partial charge is 0.357 e. The minimum atomic E-state index is -1.36. The standard InChI is InChI=1S/C17H16N4O9/c1-29-16(23)13-10(21(27)28)7-6-9(20(25)26)12(13)8-4-3-5-11-15(22)14(17(24)30-2)18-19(8)11/h3-4,6-8,11,15,22H,5H2,1-2H3. The highest BCUT2D eigenvalue weighted by Crippen LogP contribution is 2.43. The summed E-state index contributed by atoms with van der Waals surface area (Å²) < 4.78 is 9.23. The first-order chi connectivity index (χ1) is 14.2. The van der Waals surface area contributed by atoms with Crippen LogP contribution >= 0.6 is 0 Å². The number of nitro benzene ring substituents is 2. The molecule has 158 valence electrons. The van der Waals surface area contributed by atoms with Crippen molar-refractivity contribution in [1.82, 2.24) is 5.01 Å². The Morgan fingerprint density at radius 2 is 1.73 bits per heavy atom. The molecule has 3 rings (SSSR count). The summed E-state index contributed by atoms with van der Waals surface area (Å²) in [6, 6.07) is -0.192. The van der Waals surface area contributed by atoms with Crippen LogP contribution in [-0.2, 0) is 14.3 Å². The highest BCUT2D eigenvalue weighted by atomic mass is 16.6. The van der Waals surface area contributed by atoms with E-state index in [1.165, 1.54) is 11.1 Å². The van der Waals surface area contributed by atoms with Crippen LogP contribution in [0, 0.1) is 20.2 Å². The fraction of sp³-hybridized carbons (Fsp3) is 0.353. The summed E-state index contributed by atoms with van der Waals surface area (Å²) in [5.74, 6) is -2.04. The summed E-state index contributed by atoms with van der Waals surface area (Å²) in [7, 11) is 2.09. The van der Waals surface area contributed by atoms with Crippen molar-refractivity contribution in [3.05, 3.63) is 55.6 Å². The SMILES string of the molecule is COC(=O)C1=NN2C(c3c([N+](=O)[O-])ccc([N+](=O)[O-])c3C(=O)OC)C=CCC2C1O. The molecular weight excluding hydrogens is 404 g/mol. The lowest BCUT2D eigenvalue weighted by atomic mass is 9.91. The summed E-state index contributed by atoms with van der Waals surface area (Å²) >= 11 is 0. The number of benzene rings is 1. The van der Waals surface area contributed by atoms with Crippen LogP contribution in [0.4, 0.5) is 11.4 Å². The van der Waals surface area contributed by atoms with Crippen molar-refractivity contribution in [1.29, 1.82) is 0 Å². The van der Waals surface area contributed by atoms with Crippen LogP contribution in [0.3, 0.4) is 0 Å². The predicted molar refractivity (Wildman–Crippen MR) is 98.7 cm³/mol. The van der Waals surface area contributed by atoms with E-state index in [4.69, 9.17) is 0 Å². The normalized spacial score (nSPS) is 22.2. The summed E-state index contributed by atoms with van der Waals surface area (Å²) in [4.78, 5) is 45.8. The molecule has 0 aromatic heterocycles. The molecule has 1 N–H and O–H groups in total. The first-order valence-corrected chi connectivity index (χ1v) is 8.56. The molecular formula is C17H16N4O9. The molecule has 2 aliphatic rings. The second kappa shape index (κ2) is 7.87. The maximum atomic E-state index is 12.4. The van der Waals surface area contributed by atoms with E-state index in [1.54, 1.807) is 6.08 Å². The van der Waals surface area contributed by atoms with Crippen LogP contribution in [0.15, 0.2) is 29.4 Å². The van der Waals surface area contributed by atoms with Crippen molar-refractivity contribution in [2.45, 2.75) is 24.6 Å². The van der Waals surface area contributed by atoms with Gasteiger partial charge in [-0.3, -0.25) is 25.2 Å². The van der Waals surface area contributed by atoms with E-state index in [9.17, 15) is 34.9 Å². The van der Waals surface area contributed by atoms with Gasteiger partial charge in [0.05, 0.1) is 41.7 Å². The molecule has 0 fully saturated rings. The molecule has 3 atom stereocenters. The number of ether oxygens (including phenoxy) is 2. The average molecular weight is 420 g/mol. The number of carbonyl (C=O) groups is 2. The molecule has 0 spiro atoms. The molecule has 0 bridgehead atoms. The number of hydrogen-bond acceptors (Lipinski definition) is 11. The van der Waals surface area contributed by atoms with Crippen LogP contribution in [0.1, 0.15) is 28.4 Å². The number of hydrogen-bond donors (Lipinski definition) is 1. The van der Waals surface area contributed by atoms with E-state index in [1.807, 2.05) is 0 Å². The zero-order valence-corrected chi connectivity index (χ0v) is 15.8. The van der Waals surface area contributed by atoms with Gasteiger partial charge in [-0.15, -0.1) is 0 Å². The number of aliphatic hydroxyl groups excluding tert-OH is 1. The van der Waals surface area contributed by atoms with Gasteiger partial charge in [-0.25, -0.2) is 9.59 Å². The summed E-state index contributed by atoms with van der Waals surface area (Å²) in [6.07, 6.45) is 1.90. The van der Waals surface area contributed by atoms with Crippen molar-refractivity contribution in [3.8, 4) is 0 Å². The van der Waals surface area contributed by atoms with Gasteiger partial charge in [0.2, 0.25) is 0 Å². The number of rotatable bonds is 5. The third kappa shape index (κ3) is 3.24. The van der Waals surface area contributed by atoms with E-state index in [2.05, 4.69) is 14.6 Å². The Balaban J connectivity index is 2.27. The van der Waals surface area contributed by atoms with Crippen LogP contribution in [0.25, 0.3) is 0 Å². The zero-order chi connectivity index (χ0) is 22.2. The number of aliphatic hydroxyl groups is 1. The molecule has 3 unspecified atom stereocenters. The Kier molecular flexibility index (Phi) is 5.47. The van der Waals surface area contributed by atoms with Gasteiger partial charge in [0.25, 0.3) is 11.4 Å². The van der Waals surface area contributed by atoms with Gasteiger partial charge >= 0.3 is 11.9 Å². The first kappa shape index (κ1) is 20.9.